The number of rotatable bonds is 10. The largest absolute Gasteiger partial charge is 0.448 e. The number of alkyl halides is 1. The van der Waals surface area contributed by atoms with Gasteiger partial charge in [-0.1, -0.05) is 25.5 Å². The molecule has 6 rings (SSSR count). The number of carbonyl (C=O) groups excluding carboxylic acids is 3. The number of halogens is 1. The Balaban J connectivity index is 1.29. The first-order valence-electron chi connectivity index (χ1n) is 16.3. The van der Waals surface area contributed by atoms with Gasteiger partial charge in [-0.15, -0.1) is 0 Å². The van der Waals surface area contributed by atoms with Crippen molar-refractivity contribution in [2.45, 2.75) is 64.1 Å². The van der Waals surface area contributed by atoms with E-state index in [2.05, 4.69) is 18.3 Å². The maximum atomic E-state index is 13.6. The highest BCUT2D eigenvalue weighted by Gasteiger charge is 2.70. The number of benzene rings is 1. The predicted octanol–water partition coefficient (Wildman–Crippen LogP) is 5.23. The Morgan fingerprint density at radius 3 is 2.79 bits per heavy atom. The van der Waals surface area contributed by atoms with Crippen LogP contribution in [0.1, 0.15) is 67.6 Å². The molecule has 9 nitrogen and oxygen atoms in total. The van der Waals surface area contributed by atoms with Gasteiger partial charge >= 0.3 is 5.97 Å². The van der Waals surface area contributed by atoms with Crippen LogP contribution in [0.3, 0.4) is 0 Å². The summed E-state index contributed by atoms with van der Waals surface area (Å²) < 4.78 is 26.4. The minimum absolute atomic E-state index is 0.0164. The Bertz CT molecular complexity index is 1580. The summed E-state index contributed by atoms with van der Waals surface area (Å²) in [4.78, 5) is 39.1. The van der Waals surface area contributed by atoms with Crippen molar-refractivity contribution in [3.8, 4) is 5.69 Å². The third-order valence-corrected chi connectivity index (χ3v) is 12.9. The van der Waals surface area contributed by atoms with Crippen molar-refractivity contribution in [3.63, 3.8) is 0 Å². The summed E-state index contributed by atoms with van der Waals surface area (Å²) in [6.07, 6.45) is 8.95. The zero-order chi connectivity index (χ0) is 33.6. The van der Waals surface area contributed by atoms with E-state index in [0.29, 0.717) is 43.1 Å². The van der Waals surface area contributed by atoms with Crippen LogP contribution in [0.2, 0.25) is 0 Å². The molecule has 3 fully saturated rings. The Kier molecular flexibility index (Phi) is 9.70. The van der Waals surface area contributed by atoms with E-state index >= 15 is 0 Å². The molecule has 7 atom stereocenters. The van der Waals surface area contributed by atoms with E-state index in [1.807, 2.05) is 48.3 Å². The average Bonchev–Trinajstić information content (AvgIpc) is 3.57. The fourth-order valence-corrected chi connectivity index (χ4v) is 10.6. The Morgan fingerprint density at radius 2 is 2.04 bits per heavy atom. The standard InChI is InChI=1S/C35H44FN3O6S2/c1-33-16-22-18-38-39(24-7-5-6-21(14-24)31(42)37-12-13-46-4)27(22)15-23(33)8-9-25-26-10-11-35(32(43)47-20-36,45-29(41)19-44-3)34(26,2)17-28(40)30(25)33/h5-7,14-15,18,25-26,28,30,40H,8-13,16-17,19-20H2,1-4H3,(H,37,42)/t25-,26-,28-,30+,33-,34-,35-/m0/s1. The predicted molar refractivity (Wildman–Crippen MR) is 181 cm³/mol. The summed E-state index contributed by atoms with van der Waals surface area (Å²) in [6.45, 7) is 4.50. The monoisotopic (exact) mass is 685 g/mol. The van der Waals surface area contributed by atoms with Crippen molar-refractivity contribution in [2.24, 2.45) is 28.6 Å². The first-order valence-corrected chi connectivity index (χ1v) is 18.7. The number of aliphatic hydroxyl groups is 1. The number of hydrogen-bond acceptors (Lipinski definition) is 9. The smallest absolute Gasteiger partial charge is 0.333 e. The van der Waals surface area contributed by atoms with Gasteiger partial charge in [0.05, 0.1) is 23.7 Å². The van der Waals surface area contributed by atoms with Crippen LogP contribution in [-0.2, 0) is 25.5 Å². The molecule has 1 aromatic carbocycles. The van der Waals surface area contributed by atoms with E-state index in [1.165, 1.54) is 12.7 Å². The fraction of sp³-hybridized carbons (Fsp3) is 0.600. The van der Waals surface area contributed by atoms with E-state index in [-0.39, 0.29) is 42.1 Å². The number of nitrogens with zero attached hydrogens (tertiary/aromatic N) is 2. The molecule has 2 N–H and O–H groups in total. The molecule has 3 saturated carbocycles. The lowest BCUT2D eigenvalue weighted by Crippen LogP contribution is -2.62. The molecule has 12 heteroatoms. The van der Waals surface area contributed by atoms with Crippen molar-refractivity contribution in [1.29, 1.82) is 0 Å². The van der Waals surface area contributed by atoms with Gasteiger partial charge in [0.25, 0.3) is 5.91 Å². The van der Waals surface area contributed by atoms with E-state index in [1.54, 1.807) is 11.8 Å². The van der Waals surface area contributed by atoms with E-state index < -0.39 is 34.2 Å². The van der Waals surface area contributed by atoms with Crippen molar-refractivity contribution in [3.05, 3.63) is 52.9 Å². The average molecular weight is 686 g/mol. The van der Waals surface area contributed by atoms with E-state index in [0.717, 1.165) is 35.5 Å². The lowest BCUT2D eigenvalue weighted by atomic mass is 9.45. The van der Waals surface area contributed by atoms with Crippen LogP contribution in [0.4, 0.5) is 4.39 Å². The molecule has 1 heterocycles. The van der Waals surface area contributed by atoms with Gasteiger partial charge in [-0.25, -0.2) is 13.9 Å². The molecule has 4 aliphatic carbocycles. The SMILES string of the molecule is COCC(=O)O[C@]1(C(=O)SCF)CC[C@H]2[C@@H]3CCC4=Cc5c(cnn5-c5cccc(C(=O)NCCSC)c5)C[C@]4(C)[C@H]3[C@@H](O)C[C@@]21C. The number of hydrogen-bond donors (Lipinski definition) is 2. The number of esters is 1. The number of nitrogens with one attached hydrogen (secondary N) is 1. The van der Waals surface area contributed by atoms with Gasteiger partial charge in [0, 0.05) is 30.4 Å². The highest BCUT2D eigenvalue weighted by molar-refractivity contribution is 8.13. The third kappa shape index (κ3) is 5.66. The number of methoxy groups -OCH3 is 1. The quantitative estimate of drug-likeness (QED) is 0.256. The molecular formula is C35H44FN3O6S2. The molecule has 0 spiro atoms. The van der Waals surface area contributed by atoms with Crippen LogP contribution in [0, 0.1) is 28.6 Å². The van der Waals surface area contributed by atoms with Crippen molar-refractivity contribution < 1.29 is 33.4 Å². The van der Waals surface area contributed by atoms with Gasteiger partial charge in [-0.05, 0) is 110 Å². The number of aromatic nitrogens is 2. The van der Waals surface area contributed by atoms with Crippen molar-refractivity contribution in [1.82, 2.24) is 15.1 Å². The highest BCUT2D eigenvalue weighted by Crippen LogP contribution is 2.68. The second-order valence-corrected chi connectivity index (χ2v) is 15.7. The normalized spacial score (nSPS) is 32.3. The second kappa shape index (κ2) is 13.3. The second-order valence-electron chi connectivity index (χ2n) is 13.9. The molecule has 254 valence electrons. The molecule has 1 aromatic heterocycles. The molecule has 0 saturated heterocycles. The summed E-state index contributed by atoms with van der Waals surface area (Å²) >= 11 is 2.22. The first-order chi connectivity index (χ1) is 22.5. The first kappa shape index (κ1) is 34.2. The lowest BCUT2D eigenvalue weighted by Gasteiger charge is -2.60. The molecule has 0 unspecified atom stereocenters. The van der Waals surface area contributed by atoms with Crippen LogP contribution < -0.4 is 5.32 Å². The summed E-state index contributed by atoms with van der Waals surface area (Å²) in [5.74, 6) is 0.120. The van der Waals surface area contributed by atoms with Gasteiger partial charge < -0.3 is 19.9 Å². The van der Waals surface area contributed by atoms with Crippen molar-refractivity contribution >= 4 is 46.6 Å². The number of thioether (sulfide) groups is 2. The van der Waals surface area contributed by atoms with Gasteiger partial charge in [0.2, 0.25) is 5.12 Å². The van der Waals surface area contributed by atoms with Gasteiger partial charge in [-0.3, -0.25) is 9.59 Å². The number of carbonyl (C=O) groups is 3. The summed E-state index contributed by atoms with van der Waals surface area (Å²) in [5.41, 5.74) is 2.03. The topological polar surface area (TPSA) is 120 Å². The molecule has 2 aromatic rings. The molecule has 0 bridgehead atoms. The minimum atomic E-state index is -1.52. The van der Waals surface area contributed by atoms with E-state index in [9.17, 15) is 23.9 Å². The molecule has 1 amide bonds. The number of aliphatic hydroxyl groups excluding tert-OH is 1. The lowest BCUT2D eigenvalue weighted by molar-refractivity contribution is -0.198. The maximum absolute atomic E-state index is 13.6. The summed E-state index contributed by atoms with van der Waals surface area (Å²) in [6, 6.07) is 6.59. The third-order valence-electron chi connectivity index (χ3n) is 11.6. The Morgan fingerprint density at radius 1 is 1.23 bits per heavy atom. The highest BCUT2D eigenvalue weighted by atomic mass is 32.2. The molecule has 4 aliphatic rings. The van der Waals surface area contributed by atoms with Crippen LogP contribution in [-0.4, -0.2) is 81.9 Å². The number of allylic oxidation sites excluding steroid dienone is 1. The van der Waals surface area contributed by atoms with Crippen molar-refractivity contribution in [2.75, 3.05) is 38.3 Å². The van der Waals surface area contributed by atoms with Crippen LogP contribution in [0.5, 0.6) is 0 Å². The zero-order valence-corrected chi connectivity index (χ0v) is 29.1. The molecule has 0 radical (unpaired) electrons. The molecular weight excluding hydrogens is 642 g/mol. The Labute approximate surface area is 283 Å². The molecule has 0 aliphatic heterocycles. The summed E-state index contributed by atoms with van der Waals surface area (Å²) in [7, 11) is 1.39. The number of amides is 1. The minimum Gasteiger partial charge on any atom is -0.448 e. The zero-order valence-electron chi connectivity index (χ0n) is 27.4. The van der Waals surface area contributed by atoms with Crippen LogP contribution in [0.15, 0.2) is 36.0 Å². The Hall–Kier alpha value is -2.67. The van der Waals surface area contributed by atoms with E-state index in [4.69, 9.17) is 14.6 Å². The number of ether oxygens (including phenoxy) is 2. The maximum Gasteiger partial charge on any atom is 0.333 e. The fourth-order valence-electron chi connectivity index (χ4n) is 9.58. The van der Waals surface area contributed by atoms with Crippen LogP contribution >= 0.6 is 23.5 Å². The number of fused-ring (bicyclic) bond motifs is 6. The van der Waals surface area contributed by atoms with Gasteiger partial charge in [-0.2, -0.15) is 16.9 Å². The van der Waals surface area contributed by atoms with Gasteiger partial charge in [0.15, 0.2) is 5.60 Å². The molecule has 47 heavy (non-hydrogen) atoms. The van der Waals surface area contributed by atoms with Gasteiger partial charge in [0.1, 0.15) is 12.6 Å². The van der Waals surface area contributed by atoms with Crippen LogP contribution in [0.25, 0.3) is 11.8 Å². The summed E-state index contributed by atoms with van der Waals surface area (Å²) in [5, 5.41) is 19.3.